The summed E-state index contributed by atoms with van der Waals surface area (Å²) in [5.74, 6) is 1.97. The lowest BCUT2D eigenvalue weighted by Crippen LogP contribution is -2.24. The van der Waals surface area contributed by atoms with Gasteiger partial charge < -0.3 is 29.9 Å². The third kappa shape index (κ3) is 4.82. The van der Waals surface area contributed by atoms with Crippen molar-refractivity contribution in [3.05, 3.63) is 23.4 Å². The molecule has 146 valence electrons. The number of hydrogen-bond donors (Lipinski definition) is 2. The quantitative estimate of drug-likeness (QED) is 0.778. The van der Waals surface area contributed by atoms with Gasteiger partial charge in [-0.05, 0) is 6.07 Å². The summed E-state index contributed by atoms with van der Waals surface area (Å²) in [5.41, 5.74) is 0.861. The SMILES string of the molecule is COc1cc(OC)c(NC(=O)Nc2cnc(N(C)C)nc2N(C)C)cc1Cl. The van der Waals surface area contributed by atoms with Gasteiger partial charge in [0.05, 0.1) is 31.1 Å². The van der Waals surface area contributed by atoms with E-state index in [1.54, 1.807) is 28.1 Å². The number of benzene rings is 1. The standard InChI is InChI=1S/C17H23ClN6O3/c1-23(2)15-12(9-19-16(22-15)24(3)4)21-17(25)20-11-7-10(18)13(26-5)8-14(11)27-6/h7-9H,1-6H3,(H2,20,21,25). The fourth-order valence-corrected chi connectivity index (χ4v) is 2.48. The van der Waals surface area contributed by atoms with Crippen molar-refractivity contribution in [1.29, 1.82) is 0 Å². The van der Waals surface area contributed by atoms with Gasteiger partial charge in [0.1, 0.15) is 17.2 Å². The highest BCUT2D eigenvalue weighted by Gasteiger charge is 2.16. The predicted octanol–water partition coefficient (Wildman–Crippen LogP) is 2.92. The molecule has 2 N–H and O–H groups in total. The molecule has 2 aromatic rings. The van der Waals surface area contributed by atoms with Gasteiger partial charge >= 0.3 is 6.03 Å². The molecule has 0 aliphatic carbocycles. The van der Waals surface area contributed by atoms with Gasteiger partial charge in [-0.1, -0.05) is 11.6 Å². The average Bonchev–Trinajstić information content (AvgIpc) is 2.61. The molecule has 0 aliphatic rings. The molecule has 1 aromatic carbocycles. The number of anilines is 4. The van der Waals surface area contributed by atoms with Gasteiger partial charge in [0.15, 0.2) is 5.82 Å². The molecule has 0 unspecified atom stereocenters. The first-order chi connectivity index (χ1) is 12.8. The van der Waals surface area contributed by atoms with Crippen molar-refractivity contribution in [1.82, 2.24) is 9.97 Å². The summed E-state index contributed by atoms with van der Waals surface area (Å²) in [6, 6.07) is 2.66. The Kier molecular flexibility index (Phi) is 6.51. The first-order valence-electron chi connectivity index (χ1n) is 7.98. The maximum absolute atomic E-state index is 12.5. The Balaban J connectivity index is 2.25. The van der Waals surface area contributed by atoms with Crippen LogP contribution in [-0.2, 0) is 0 Å². The molecule has 0 radical (unpaired) electrons. The number of carbonyl (C=O) groups is 1. The van der Waals surface area contributed by atoms with Crippen LogP contribution in [0.5, 0.6) is 11.5 Å². The molecular weight excluding hydrogens is 372 g/mol. The monoisotopic (exact) mass is 394 g/mol. The molecule has 1 heterocycles. The average molecular weight is 395 g/mol. The lowest BCUT2D eigenvalue weighted by atomic mass is 10.2. The number of rotatable bonds is 6. The van der Waals surface area contributed by atoms with E-state index in [9.17, 15) is 4.79 Å². The van der Waals surface area contributed by atoms with E-state index >= 15 is 0 Å². The number of nitrogens with zero attached hydrogens (tertiary/aromatic N) is 4. The van der Waals surface area contributed by atoms with Crippen molar-refractivity contribution in [2.45, 2.75) is 0 Å². The third-order valence-corrected chi connectivity index (χ3v) is 3.85. The minimum absolute atomic E-state index is 0.348. The second-order valence-electron chi connectivity index (χ2n) is 5.96. The van der Waals surface area contributed by atoms with E-state index in [1.807, 2.05) is 28.2 Å². The molecule has 10 heteroatoms. The molecule has 0 saturated carbocycles. The molecule has 0 bridgehead atoms. The van der Waals surface area contributed by atoms with Crippen LogP contribution in [0, 0.1) is 0 Å². The highest BCUT2D eigenvalue weighted by Crippen LogP contribution is 2.36. The number of ether oxygens (including phenoxy) is 2. The van der Waals surface area contributed by atoms with Gasteiger partial charge in [-0.25, -0.2) is 9.78 Å². The Morgan fingerprint density at radius 3 is 2.19 bits per heavy atom. The molecular formula is C17H23ClN6O3. The Labute approximate surface area is 163 Å². The van der Waals surface area contributed by atoms with Gasteiger partial charge in [-0.2, -0.15) is 4.98 Å². The van der Waals surface area contributed by atoms with Crippen molar-refractivity contribution in [3.8, 4) is 11.5 Å². The van der Waals surface area contributed by atoms with Crippen LogP contribution in [0.15, 0.2) is 18.3 Å². The maximum atomic E-state index is 12.5. The predicted molar refractivity (Wildman–Crippen MR) is 108 cm³/mol. The molecule has 0 aliphatic heterocycles. The number of halogens is 1. The number of nitrogens with one attached hydrogen (secondary N) is 2. The first-order valence-corrected chi connectivity index (χ1v) is 8.35. The number of methoxy groups -OCH3 is 2. The molecule has 2 rings (SSSR count). The highest BCUT2D eigenvalue weighted by atomic mass is 35.5. The Hall–Kier alpha value is -2.94. The summed E-state index contributed by atoms with van der Waals surface area (Å²) in [6.45, 7) is 0. The summed E-state index contributed by atoms with van der Waals surface area (Å²) in [7, 11) is 10.3. The summed E-state index contributed by atoms with van der Waals surface area (Å²) in [6.07, 6.45) is 1.55. The van der Waals surface area contributed by atoms with E-state index in [4.69, 9.17) is 21.1 Å². The van der Waals surface area contributed by atoms with E-state index in [0.29, 0.717) is 39.7 Å². The summed E-state index contributed by atoms with van der Waals surface area (Å²) in [4.78, 5) is 24.7. The second kappa shape index (κ2) is 8.63. The Bertz CT molecular complexity index is 829. The third-order valence-electron chi connectivity index (χ3n) is 3.55. The molecule has 9 nitrogen and oxygen atoms in total. The number of amides is 2. The van der Waals surface area contributed by atoms with Gasteiger partial charge in [-0.3, -0.25) is 0 Å². The zero-order chi connectivity index (χ0) is 20.1. The Morgan fingerprint density at radius 1 is 1.00 bits per heavy atom. The summed E-state index contributed by atoms with van der Waals surface area (Å²) in [5, 5.41) is 5.80. The molecule has 0 fully saturated rings. The zero-order valence-corrected chi connectivity index (χ0v) is 16.9. The van der Waals surface area contributed by atoms with Crippen LogP contribution in [0.3, 0.4) is 0 Å². The van der Waals surface area contributed by atoms with E-state index in [1.165, 1.54) is 14.2 Å². The summed E-state index contributed by atoms with van der Waals surface area (Å²) < 4.78 is 10.4. The van der Waals surface area contributed by atoms with Crippen LogP contribution in [0.4, 0.5) is 27.9 Å². The highest BCUT2D eigenvalue weighted by molar-refractivity contribution is 6.32. The number of hydrogen-bond acceptors (Lipinski definition) is 7. The largest absolute Gasteiger partial charge is 0.495 e. The van der Waals surface area contributed by atoms with Crippen molar-refractivity contribution < 1.29 is 14.3 Å². The number of aromatic nitrogens is 2. The molecule has 1 aromatic heterocycles. The fraction of sp³-hybridized carbons (Fsp3) is 0.353. The fourth-order valence-electron chi connectivity index (χ4n) is 2.24. The van der Waals surface area contributed by atoms with Gasteiger partial charge in [0.25, 0.3) is 0 Å². The van der Waals surface area contributed by atoms with Crippen LogP contribution in [0.1, 0.15) is 0 Å². The Morgan fingerprint density at radius 2 is 1.63 bits per heavy atom. The number of urea groups is 1. The molecule has 0 atom stereocenters. The van der Waals surface area contributed by atoms with Crippen LogP contribution in [0.25, 0.3) is 0 Å². The van der Waals surface area contributed by atoms with E-state index < -0.39 is 6.03 Å². The van der Waals surface area contributed by atoms with E-state index in [0.717, 1.165) is 0 Å². The van der Waals surface area contributed by atoms with Gasteiger partial charge in [0.2, 0.25) is 5.95 Å². The van der Waals surface area contributed by atoms with Crippen LogP contribution in [-0.4, -0.2) is 58.4 Å². The maximum Gasteiger partial charge on any atom is 0.323 e. The second-order valence-corrected chi connectivity index (χ2v) is 6.37. The van der Waals surface area contributed by atoms with E-state index in [2.05, 4.69) is 20.6 Å². The zero-order valence-electron chi connectivity index (χ0n) is 16.1. The number of carbonyl (C=O) groups excluding carboxylic acids is 1. The van der Waals surface area contributed by atoms with Gasteiger partial charge in [-0.15, -0.1) is 0 Å². The van der Waals surface area contributed by atoms with Crippen LogP contribution >= 0.6 is 11.6 Å². The van der Waals surface area contributed by atoms with Gasteiger partial charge in [0, 0.05) is 34.3 Å². The minimum atomic E-state index is -0.487. The molecule has 0 saturated heterocycles. The topological polar surface area (TPSA) is 91.8 Å². The summed E-state index contributed by atoms with van der Waals surface area (Å²) >= 11 is 6.13. The van der Waals surface area contributed by atoms with Crippen LogP contribution < -0.4 is 29.9 Å². The minimum Gasteiger partial charge on any atom is -0.495 e. The van der Waals surface area contributed by atoms with Crippen molar-refractivity contribution >= 4 is 40.8 Å². The molecule has 0 spiro atoms. The van der Waals surface area contributed by atoms with Crippen molar-refractivity contribution in [2.75, 3.05) is 62.8 Å². The molecule has 27 heavy (non-hydrogen) atoms. The van der Waals surface area contributed by atoms with Crippen molar-refractivity contribution in [3.63, 3.8) is 0 Å². The molecule has 2 amide bonds. The van der Waals surface area contributed by atoms with Crippen LogP contribution in [0.2, 0.25) is 5.02 Å². The van der Waals surface area contributed by atoms with E-state index in [-0.39, 0.29) is 0 Å². The lowest BCUT2D eigenvalue weighted by Gasteiger charge is -2.19. The van der Waals surface area contributed by atoms with Crippen molar-refractivity contribution in [2.24, 2.45) is 0 Å². The smallest absolute Gasteiger partial charge is 0.323 e. The first kappa shape index (κ1) is 20.4. The lowest BCUT2D eigenvalue weighted by molar-refractivity contribution is 0.262. The normalized spacial score (nSPS) is 10.2.